The SMILES string of the molecule is OC(Cn1cncn1)(Cn1cc(Sc2nnc(-c3ccccc3Cl)o2)nn1)c1ccc(F)cc1F. The van der Waals surface area contributed by atoms with E-state index >= 15 is 0 Å². The number of nitrogens with zero attached hydrogens (tertiary/aromatic N) is 8. The van der Waals surface area contributed by atoms with E-state index in [1.54, 1.807) is 24.3 Å². The lowest BCUT2D eigenvalue weighted by Gasteiger charge is -2.28. The third-order valence-electron chi connectivity index (χ3n) is 4.97. The second kappa shape index (κ2) is 9.52. The largest absolute Gasteiger partial charge is 0.411 e. The first-order valence-corrected chi connectivity index (χ1v) is 11.3. The van der Waals surface area contributed by atoms with Crippen LogP contribution in [0.5, 0.6) is 0 Å². The van der Waals surface area contributed by atoms with Crippen molar-refractivity contribution in [2.75, 3.05) is 0 Å². The average Bonchev–Trinajstić information content (AvgIpc) is 3.58. The summed E-state index contributed by atoms with van der Waals surface area (Å²) >= 11 is 7.22. The maximum atomic E-state index is 14.6. The zero-order valence-electron chi connectivity index (χ0n) is 17.7. The van der Waals surface area contributed by atoms with E-state index in [9.17, 15) is 13.9 Å². The molecule has 2 aromatic carbocycles. The Morgan fingerprint density at radius 1 is 1.06 bits per heavy atom. The second-order valence-corrected chi connectivity index (χ2v) is 8.84. The van der Waals surface area contributed by atoms with Crippen LogP contribution in [0.15, 0.2) is 76.0 Å². The van der Waals surface area contributed by atoms with Gasteiger partial charge < -0.3 is 9.52 Å². The van der Waals surface area contributed by atoms with Gasteiger partial charge in [0.1, 0.15) is 34.9 Å². The maximum absolute atomic E-state index is 14.6. The van der Waals surface area contributed by atoms with Crippen molar-refractivity contribution >= 4 is 23.4 Å². The molecular weight excluding hydrogens is 502 g/mol. The Labute approximate surface area is 205 Å². The minimum atomic E-state index is -1.84. The molecule has 0 spiro atoms. The molecule has 1 N–H and O–H groups in total. The maximum Gasteiger partial charge on any atom is 0.283 e. The van der Waals surface area contributed by atoms with Crippen molar-refractivity contribution < 1.29 is 18.3 Å². The van der Waals surface area contributed by atoms with Crippen LogP contribution >= 0.6 is 23.4 Å². The number of rotatable bonds is 8. The highest BCUT2D eigenvalue weighted by atomic mass is 35.5. The van der Waals surface area contributed by atoms with Crippen molar-refractivity contribution in [3.63, 3.8) is 0 Å². The van der Waals surface area contributed by atoms with E-state index in [4.69, 9.17) is 16.0 Å². The molecule has 5 aromatic rings. The van der Waals surface area contributed by atoms with Gasteiger partial charge in [-0.15, -0.1) is 15.3 Å². The van der Waals surface area contributed by atoms with Crippen LogP contribution in [0, 0.1) is 11.6 Å². The van der Waals surface area contributed by atoms with Gasteiger partial charge in [-0.2, -0.15) is 5.10 Å². The van der Waals surface area contributed by atoms with Crippen LogP contribution in [0.1, 0.15) is 5.56 Å². The van der Waals surface area contributed by atoms with E-state index in [1.165, 1.54) is 34.3 Å². The summed E-state index contributed by atoms with van der Waals surface area (Å²) in [6.07, 6.45) is 4.19. The number of benzene rings is 2. The van der Waals surface area contributed by atoms with E-state index in [0.29, 0.717) is 21.7 Å². The quantitative estimate of drug-likeness (QED) is 0.330. The van der Waals surface area contributed by atoms with Crippen molar-refractivity contribution in [1.82, 2.24) is 40.0 Å². The van der Waals surface area contributed by atoms with Crippen LogP contribution in [-0.2, 0) is 18.7 Å². The smallest absolute Gasteiger partial charge is 0.283 e. The van der Waals surface area contributed by atoms with Gasteiger partial charge in [-0.1, -0.05) is 35.0 Å². The number of hydrogen-bond acceptors (Lipinski definition) is 9. The Bertz CT molecular complexity index is 1460. The second-order valence-electron chi connectivity index (χ2n) is 7.46. The van der Waals surface area contributed by atoms with Crippen LogP contribution in [-0.4, -0.2) is 45.1 Å². The first kappa shape index (κ1) is 23.1. The Morgan fingerprint density at radius 2 is 1.89 bits per heavy atom. The van der Waals surface area contributed by atoms with Gasteiger partial charge in [0, 0.05) is 11.6 Å². The third kappa shape index (κ3) is 5.06. The van der Waals surface area contributed by atoms with Gasteiger partial charge >= 0.3 is 0 Å². The number of halogens is 3. The van der Waals surface area contributed by atoms with E-state index in [2.05, 4.69) is 30.6 Å². The van der Waals surface area contributed by atoms with Crippen LogP contribution in [0.2, 0.25) is 5.02 Å². The molecule has 1 unspecified atom stereocenters. The van der Waals surface area contributed by atoms with E-state index in [0.717, 1.165) is 17.8 Å². The van der Waals surface area contributed by atoms with Gasteiger partial charge in [0.05, 0.1) is 29.9 Å². The molecule has 3 aromatic heterocycles. The molecule has 0 saturated carbocycles. The normalized spacial score (nSPS) is 13.1. The Kier molecular flexibility index (Phi) is 6.28. The van der Waals surface area contributed by atoms with Crippen LogP contribution < -0.4 is 0 Å². The summed E-state index contributed by atoms with van der Waals surface area (Å²) in [4.78, 5) is 3.84. The molecule has 14 heteroatoms. The van der Waals surface area contributed by atoms with E-state index in [1.807, 2.05) is 0 Å². The minimum absolute atomic E-state index is 0.125. The molecule has 35 heavy (non-hydrogen) atoms. The van der Waals surface area contributed by atoms with Crippen LogP contribution in [0.4, 0.5) is 8.78 Å². The fourth-order valence-corrected chi connectivity index (χ4v) is 4.28. The van der Waals surface area contributed by atoms with Crippen molar-refractivity contribution in [2.24, 2.45) is 0 Å². The zero-order valence-corrected chi connectivity index (χ0v) is 19.2. The van der Waals surface area contributed by atoms with Crippen LogP contribution in [0.3, 0.4) is 0 Å². The topological polar surface area (TPSA) is 121 Å². The van der Waals surface area contributed by atoms with E-state index < -0.39 is 17.2 Å². The third-order valence-corrected chi connectivity index (χ3v) is 6.03. The van der Waals surface area contributed by atoms with Gasteiger partial charge in [0.25, 0.3) is 5.22 Å². The minimum Gasteiger partial charge on any atom is -0.411 e. The summed E-state index contributed by atoms with van der Waals surface area (Å²) in [5.74, 6) is -1.41. The lowest BCUT2D eigenvalue weighted by atomic mass is 9.93. The first-order chi connectivity index (χ1) is 16.9. The molecule has 0 saturated heterocycles. The Balaban J connectivity index is 1.37. The molecule has 0 radical (unpaired) electrons. The predicted octanol–water partition coefficient (Wildman–Crippen LogP) is 3.59. The van der Waals surface area contributed by atoms with Crippen LogP contribution in [0.25, 0.3) is 11.5 Å². The molecule has 0 fully saturated rings. The predicted molar refractivity (Wildman–Crippen MR) is 119 cm³/mol. The van der Waals surface area contributed by atoms with Gasteiger partial charge in [0.2, 0.25) is 5.89 Å². The Hall–Kier alpha value is -3.68. The Morgan fingerprint density at radius 3 is 2.66 bits per heavy atom. The summed E-state index contributed by atoms with van der Waals surface area (Å²) in [5, 5.41) is 32.5. The summed E-state index contributed by atoms with van der Waals surface area (Å²) in [7, 11) is 0. The molecule has 1 atom stereocenters. The molecule has 0 aliphatic carbocycles. The standard InChI is InChI=1S/C21H15ClF2N8O2S/c22-16-4-2-1-3-14(16)19-28-29-20(34-19)35-18-8-31(30-27-18)9-21(33,10-32-12-25-11-26-32)15-6-5-13(23)7-17(15)24/h1-8,11-12,33H,9-10H2. The number of aliphatic hydroxyl groups is 1. The molecule has 10 nitrogen and oxygen atoms in total. The average molecular weight is 517 g/mol. The highest BCUT2D eigenvalue weighted by Gasteiger charge is 2.35. The van der Waals surface area contributed by atoms with Crippen molar-refractivity contribution in [1.29, 1.82) is 0 Å². The van der Waals surface area contributed by atoms with Gasteiger partial charge in [0.15, 0.2) is 0 Å². The molecule has 3 heterocycles. The number of aromatic nitrogens is 8. The highest BCUT2D eigenvalue weighted by Crippen LogP contribution is 2.32. The van der Waals surface area contributed by atoms with E-state index in [-0.39, 0.29) is 29.8 Å². The van der Waals surface area contributed by atoms with Crippen molar-refractivity contribution in [3.05, 3.63) is 83.5 Å². The lowest BCUT2D eigenvalue weighted by Crippen LogP contribution is -2.37. The monoisotopic (exact) mass is 516 g/mol. The fraction of sp³-hybridized carbons (Fsp3) is 0.143. The zero-order chi connectivity index (χ0) is 24.4. The van der Waals surface area contributed by atoms with Gasteiger partial charge in [-0.05, 0) is 30.0 Å². The molecule has 0 bridgehead atoms. The summed E-state index contributed by atoms with van der Waals surface area (Å²) < 4.78 is 36.4. The molecular formula is C21H15ClF2N8O2S. The summed E-state index contributed by atoms with van der Waals surface area (Å²) in [6, 6.07) is 10.0. The van der Waals surface area contributed by atoms with Crippen molar-refractivity contribution in [3.8, 4) is 11.5 Å². The molecule has 0 aliphatic heterocycles. The van der Waals surface area contributed by atoms with Crippen molar-refractivity contribution in [2.45, 2.75) is 28.9 Å². The summed E-state index contributed by atoms with van der Waals surface area (Å²) in [5.41, 5.74) is -1.37. The molecule has 0 amide bonds. The highest BCUT2D eigenvalue weighted by molar-refractivity contribution is 7.99. The number of hydrogen-bond donors (Lipinski definition) is 1. The molecule has 0 aliphatic rings. The van der Waals surface area contributed by atoms with Gasteiger partial charge in [-0.25, -0.2) is 23.1 Å². The molecule has 5 rings (SSSR count). The molecule has 178 valence electrons. The summed E-state index contributed by atoms with van der Waals surface area (Å²) in [6.45, 7) is -0.375. The lowest BCUT2D eigenvalue weighted by molar-refractivity contribution is -0.00893. The fourth-order valence-electron chi connectivity index (χ4n) is 3.43. The van der Waals surface area contributed by atoms with Gasteiger partial charge in [-0.3, -0.25) is 0 Å². The first-order valence-electron chi connectivity index (χ1n) is 10.1.